The molecule has 0 spiro atoms. The molecule has 7 heteroatoms. The van der Waals surface area contributed by atoms with Crippen LogP contribution in [0.25, 0.3) is 0 Å². The lowest BCUT2D eigenvalue weighted by molar-refractivity contribution is 0.0989. The van der Waals surface area contributed by atoms with Crippen molar-refractivity contribution in [1.29, 1.82) is 0 Å². The van der Waals surface area contributed by atoms with Crippen molar-refractivity contribution in [2.75, 3.05) is 22.4 Å². The number of thioether (sulfide) groups is 1. The third kappa shape index (κ3) is 4.02. The van der Waals surface area contributed by atoms with Crippen molar-refractivity contribution in [2.45, 2.75) is 16.2 Å². The number of benzene rings is 3. The van der Waals surface area contributed by atoms with Crippen molar-refractivity contribution in [3.05, 3.63) is 83.9 Å². The van der Waals surface area contributed by atoms with Crippen LogP contribution in [0.4, 0.5) is 11.4 Å². The van der Waals surface area contributed by atoms with Gasteiger partial charge in [0.1, 0.15) is 0 Å². The molecule has 29 heavy (non-hydrogen) atoms. The van der Waals surface area contributed by atoms with E-state index in [1.54, 1.807) is 59.1 Å². The summed E-state index contributed by atoms with van der Waals surface area (Å²) in [5, 5.41) is 0. The fraction of sp³-hybridized carbons (Fsp3) is 0.136. The van der Waals surface area contributed by atoms with E-state index < -0.39 is 10.0 Å². The summed E-state index contributed by atoms with van der Waals surface area (Å²) in [7, 11) is -3.71. The summed E-state index contributed by atoms with van der Waals surface area (Å²) in [5.41, 5.74) is 2.77. The van der Waals surface area contributed by atoms with Gasteiger partial charge in [-0.2, -0.15) is 0 Å². The molecule has 1 N–H and O–H groups in total. The highest BCUT2D eigenvalue weighted by Gasteiger charge is 2.27. The SMILES string of the molecule is CSc1cccc(NS(=O)(=O)c2ccc3c(c2)CCN3C(=O)c2ccccc2)c1. The zero-order chi connectivity index (χ0) is 20.4. The van der Waals surface area contributed by atoms with Gasteiger partial charge in [-0.1, -0.05) is 24.3 Å². The Kier molecular flexibility index (Phi) is 5.34. The van der Waals surface area contributed by atoms with Crippen LogP contribution < -0.4 is 9.62 Å². The highest BCUT2D eigenvalue weighted by molar-refractivity contribution is 7.98. The van der Waals surface area contributed by atoms with Gasteiger partial charge in [-0.3, -0.25) is 9.52 Å². The summed E-state index contributed by atoms with van der Waals surface area (Å²) in [6, 6.07) is 21.3. The van der Waals surface area contributed by atoms with Gasteiger partial charge in [0.2, 0.25) is 0 Å². The van der Waals surface area contributed by atoms with E-state index in [0.29, 0.717) is 24.2 Å². The van der Waals surface area contributed by atoms with Crippen molar-refractivity contribution < 1.29 is 13.2 Å². The highest BCUT2D eigenvalue weighted by Crippen LogP contribution is 2.32. The topological polar surface area (TPSA) is 66.5 Å². The van der Waals surface area contributed by atoms with Crippen LogP contribution in [0.5, 0.6) is 0 Å². The molecule has 148 valence electrons. The number of nitrogens with one attached hydrogen (secondary N) is 1. The second-order valence-corrected chi connectivity index (χ2v) is 9.26. The first-order valence-corrected chi connectivity index (χ1v) is 11.9. The lowest BCUT2D eigenvalue weighted by Crippen LogP contribution is -2.28. The first-order chi connectivity index (χ1) is 14.0. The van der Waals surface area contributed by atoms with E-state index in [4.69, 9.17) is 0 Å². The molecule has 0 aliphatic carbocycles. The van der Waals surface area contributed by atoms with E-state index >= 15 is 0 Å². The van der Waals surface area contributed by atoms with Crippen LogP contribution in [0.15, 0.2) is 82.6 Å². The fourth-order valence-corrected chi connectivity index (χ4v) is 4.95. The van der Waals surface area contributed by atoms with Crippen molar-refractivity contribution in [1.82, 2.24) is 0 Å². The van der Waals surface area contributed by atoms with Gasteiger partial charge in [-0.05, 0) is 66.8 Å². The zero-order valence-corrected chi connectivity index (χ0v) is 17.5. The van der Waals surface area contributed by atoms with E-state index in [0.717, 1.165) is 16.1 Å². The Hall–Kier alpha value is -2.77. The monoisotopic (exact) mass is 424 g/mol. The second-order valence-electron chi connectivity index (χ2n) is 6.70. The van der Waals surface area contributed by atoms with Crippen LogP contribution in [-0.4, -0.2) is 27.1 Å². The van der Waals surface area contributed by atoms with Gasteiger partial charge in [0.25, 0.3) is 15.9 Å². The minimum Gasteiger partial charge on any atom is -0.308 e. The number of rotatable bonds is 5. The van der Waals surface area contributed by atoms with Gasteiger partial charge in [0.15, 0.2) is 0 Å². The van der Waals surface area contributed by atoms with E-state index in [1.807, 2.05) is 36.6 Å². The Morgan fingerprint density at radius 1 is 1.00 bits per heavy atom. The number of nitrogens with zero attached hydrogens (tertiary/aromatic N) is 1. The summed E-state index contributed by atoms with van der Waals surface area (Å²) in [6.45, 7) is 0.537. The number of carbonyl (C=O) groups excluding carboxylic acids is 1. The summed E-state index contributed by atoms with van der Waals surface area (Å²) >= 11 is 1.55. The molecule has 5 nitrogen and oxygen atoms in total. The summed E-state index contributed by atoms with van der Waals surface area (Å²) < 4.78 is 28.3. The number of hydrogen-bond donors (Lipinski definition) is 1. The van der Waals surface area contributed by atoms with Crippen molar-refractivity contribution in [3.63, 3.8) is 0 Å². The average molecular weight is 425 g/mol. The van der Waals surface area contributed by atoms with E-state index in [9.17, 15) is 13.2 Å². The van der Waals surface area contributed by atoms with Crippen LogP contribution in [-0.2, 0) is 16.4 Å². The molecule has 0 aromatic heterocycles. The number of anilines is 2. The van der Waals surface area contributed by atoms with Gasteiger partial charge in [-0.15, -0.1) is 11.8 Å². The highest BCUT2D eigenvalue weighted by atomic mass is 32.2. The molecule has 0 radical (unpaired) electrons. The Balaban J connectivity index is 1.59. The molecule has 3 aromatic carbocycles. The summed E-state index contributed by atoms with van der Waals surface area (Å²) in [4.78, 5) is 15.7. The Bertz CT molecular complexity index is 1160. The Morgan fingerprint density at radius 3 is 2.55 bits per heavy atom. The quantitative estimate of drug-likeness (QED) is 0.616. The minimum absolute atomic E-state index is 0.0769. The van der Waals surface area contributed by atoms with Gasteiger partial charge in [0, 0.05) is 28.4 Å². The molecule has 0 saturated heterocycles. The maximum atomic E-state index is 12.8. The maximum Gasteiger partial charge on any atom is 0.261 e. The molecular weight excluding hydrogens is 404 g/mol. The first kappa shape index (κ1) is 19.5. The summed E-state index contributed by atoms with van der Waals surface area (Å²) in [5.74, 6) is -0.0769. The molecule has 1 amide bonds. The number of hydrogen-bond acceptors (Lipinski definition) is 4. The van der Waals surface area contributed by atoms with Crippen molar-refractivity contribution in [3.8, 4) is 0 Å². The van der Waals surface area contributed by atoms with Gasteiger partial charge < -0.3 is 4.90 Å². The molecule has 3 aromatic rings. The number of sulfonamides is 1. The van der Waals surface area contributed by atoms with E-state index in [-0.39, 0.29) is 10.8 Å². The number of amides is 1. The van der Waals surface area contributed by atoms with Crippen molar-refractivity contribution in [2.24, 2.45) is 0 Å². The van der Waals surface area contributed by atoms with Crippen molar-refractivity contribution >= 4 is 39.1 Å². The molecule has 1 aliphatic rings. The third-order valence-electron chi connectivity index (χ3n) is 4.84. The molecule has 0 atom stereocenters. The molecule has 4 rings (SSSR count). The molecular formula is C22H20N2O3S2. The largest absolute Gasteiger partial charge is 0.308 e. The standard InChI is InChI=1S/C22H20N2O3S2/c1-28-19-9-5-8-18(15-19)23-29(26,27)20-10-11-21-17(14-20)12-13-24(21)22(25)16-6-3-2-4-7-16/h2-11,14-15,23H,12-13H2,1H3. The molecule has 0 fully saturated rings. The molecule has 0 saturated carbocycles. The Labute approximate surface area is 174 Å². The zero-order valence-electron chi connectivity index (χ0n) is 15.8. The summed E-state index contributed by atoms with van der Waals surface area (Å²) in [6.07, 6.45) is 2.57. The lowest BCUT2D eigenvalue weighted by atomic mass is 10.1. The molecule has 1 aliphatic heterocycles. The lowest BCUT2D eigenvalue weighted by Gasteiger charge is -2.18. The predicted molar refractivity (Wildman–Crippen MR) is 117 cm³/mol. The first-order valence-electron chi connectivity index (χ1n) is 9.15. The fourth-order valence-electron chi connectivity index (χ4n) is 3.39. The Morgan fingerprint density at radius 2 is 1.79 bits per heavy atom. The minimum atomic E-state index is -3.71. The van der Waals surface area contributed by atoms with Crippen LogP contribution in [0.1, 0.15) is 15.9 Å². The number of fused-ring (bicyclic) bond motifs is 1. The van der Waals surface area contributed by atoms with Gasteiger partial charge in [0.05, 0.1) is 4.90 Å². The molecule has 0 unspecified atom stereocenters. The normalized spacial score (nSPS) is 13.2. The second kappa shape index (κ2) is 7.93. The smallest absolute Gasteiger partial charge is 0.261 e. The van der Waals surface area contributed by atoms with Gasteiger partial charge in [-0.25, -0.2) is 8.42 Å². The molecule has 0 bridgehead atoms. The predicted octanol–water partition coefficient (Wildman–Crippen LogP) is 4.41. The maximum absolute atomic E-state index is 12.8. The van der Waals surface area contributed by atoms with Crippen LogP contribution in [0.2, 0.25) is 0 Å². The molecule has 1 heterocycles. The van der Waals surface area contributed by atoms with Gasteiger partial charge >= 0.3 is 0 Å². The van der Waals surface area contributed by atoms with E-state index in [2.05, 4.69) is 4.72 Å². The van der Waals surface area contributed by atoms with Crippen LogP contribution in [0, 0.1) is 0 Å². The third-order valence-corrected chi connectivity index (χ3v) is 6.95. The van der Waals surface area contributed by atoms with Crippen LogP contribution in [0.3, 0.4) is 0 Å². The number of carbonyl (C=O) groups is 1. The van der Waals surface area contributed by atoms with Crippen LogP contribution >= 0.6 is 11.8 Å². The average Bonchev–Trinajstić information content (AvgIpc) is 3.17. The van der Waals surface area contributed by atoms with E-state index in [1.165, 1.54) is 0 Å².